The smallest absolute Gasteiger partial charge is 0.262 e. The lowest BCUT2D eigenvalue weighted by molar-refractivity contribution is -0.143. The van der Waals surface area contributed by atoms with Crippen LogP contribution in [-0.2, 0) is 12.1 Å². The second-order valence-corrected chi connectivity index (χ2v) is 12.4. The lowest BCUT2D eigenvalue weighted by Gasteiger charge is -2.57. The van der Waals surface area contributed by atoms with E-state index in [4.69, 9.17) is 9.97 Å². The zero-order chi connectivity index (χ0) is 29.6. The number of imide groups is 1. The van der Waals surface area contributed by atoms with Crippen molar-refractivity contribution >= 4 is 17.6 Å². The van der Waals surface area contributed by atoms with Crippen molar-refractivity contribution in [1.29, 1.82) is 0 Å². The maximum absolute atomic E-state index is 13.7. The van der Waals surface area contributed by atoms with Gasteiger partial charge in [-0.15, -0.1) is 0 Å². The van der Waals surface area contributed by atoms with Gasteiger partial charge in [0.2, 0.25) is 0 Å². The highest BCUT2D eigenvalue weighted by molar-refractivity contribution is 6.22. The molecule has 2 fully saturated rings. The molecule has 4 heterocycles. The van der Waals surface area contributed by atoms with Gasteiger partial charge in [-0.3, -0.25) is 14.5 Å². The van der Waals surface area contributed by atoms with Crippen LogP contribution in [-0.4, -0.2) is 47.2 Å². The normalized spacial score (nSPS) is 23.4. The van der Waals surface area contributed by atoms with E-state index >= 15 is 0 Å². The van der Waals surface area contributed by atoms with Crippen LogP contribution in [0.5, 0.6) is 0 Å². The first kappa shape index (κ1) is 25.4. The minimum absolute atomic E-state index is 0.214. The van der Waals surface area contributed by atoms with Crippen LogP contribution in [0.15, 0.2) is 91.1 Å². The maximum Gasteiger partial charge on any atom is 0.262 e. The number of aliphatic hydroxyl groups is 1. The van der Waals surface area contributed by atoms with Gasteiger partial charge < -0.3 is 10.4 Å². The average molecular weight is 581 g/mol. The van der Waals surface area contributed by atoms with E-state index in [0.29, 0.717) is 42.0 Å². The van der Waals surface area contributed by atoms with Crippen LogP contribution in [0.3, 0.4) is 0 Å². The van der Waals surface area contributed by atoms with Crippen molar-refractivity contribution in [2.75, 3.05) is 5.32 Å². The molecule has 9 nitrogen and oxygen atoms in total. The van der Waals surface area contributed by atoms with E-state index in [2.05, 4.69) is 10.4 Å². The van der Waals surface area contributed by atoms with E-state index in [0.717, 1.165) is 46.7 Å². The highest BCUT2D eigenvalue weighted by Crippen LogP contribution is 2.61. The third-order valence-corrected chi connectivity index (χ3v) is 9.73. The molecule has 9 heteroatoms. The molecule has 5 aromatic rings. The molecule has 0 spiro atoms. The monoisotopic (exact) mass is 580 g/mol. The van der Waals surface area contributed by atoms with E-state index in [-0.39, 0.29) is 17.7 Å². The third-order valence-electron chi connectivity index (χ3n) is 9.73. The number of benzene rings is 3. The summed E-state index contributed by atoms with van der Waals surface area (Å²) in [5.41, 5.74) is 3.92. The number of hydrogen-bond acceptors (Lipinski definition) is 7. The van der Waals surface area contributed by atoms with Crippen molar-refractivity contribution in [3.8, 4) is 28.3 Å². The van der Waals surface area contributed by atoms with Gasteiger partial charge in [-0.1, -0.05) is 66.7 Å². The Morgan fingerprint density at radius 2 is 1.41 bits per heavy atom. The van der Waals surface area contributed by atoms with Crippen LogP contribution in [0.1, 0.15) is 57.7 Å². The topological polar surface area (TPSA) is 113 Å². The molecule has 2 aliphatic heterocycles. The van der Waals surface area contributed by atoms with Gasteiger partial charge >= 0.3 is 0 Å². The summed E-state index contributed by atoms with van der Waals surface area (Å²) in [5, 5.41) is 19.3. The molecule has 0 saturated heterocycles. The number of carbonyl (C=O) groups excluding carboxylic acids is 2. The molecule has 44 heavy (non-hydrogen) atoms. The first-order chi connectivity index (χ1) is 21.5. The number of hydrogen-bond donors (Lipinski definition) is 2. The van der Waals surface area contributed by atoms with Gasteiger partial charge in [-0.25, -0.2) is 9.97 Å². The zero-order valence-corrected chi connectivity index (χ0v) is 23.8. The number of amides is 2. The fourth-order valence-electron chi connectivity index (χ4n) is 7.41. The van der Waals surface area contributed by atoms with Crippen LogP contribution in [0.2, 0.25) is 0 Å². The Balaban J connectivity index is 1.16. The summed E-state index contributed by atoms with van der Waals surface area (Å²) < 4.78 is 1.77. The molecule has 2 aliphatic carbocycles. The second-order valence-electron chi connectivity index (χ2n) is 12.4. The van der Waals surface area contributed by atoms with Gasteiger partial charge in [0.1, 0.15) is 11.5 Å². The second kappa shape index (κ2) is 8.93. The molecule has 4 aliphatic rings. The first-order valence-corrected chi connectivity index (χ1v) is 15.0. The Labute approximate surface area is 253 Å². The maximum atomic E-state index is 13.7. The number of fused-ring (bicyclic) bond motifs is 4. The van der Waals surface area contributed by atoms with Crippen LogP contribution >= 0.6 is 0 Å². The summed E-state index contributed by atoms with van der Waals surface area (Å²) in [6, 6.07) is 26.8. The highest BCUT2D eigenvalue weighted by atomic mass is 16.3. The molecule has 2 aromatic heterocycles. The largest absolute Gasteiger partial charge is 0.389 e. The Morgan fingerprint density at radius 3 is 2.09 bits per heavy atom. The van der Waals surface area contributed by atoms with Gasteiger partial charge in [0.05, 0.1) is 46.4 Å². The van der Waals surface area contributed by atoms with Gasteiger partial charge in [-0.2, -0.15) is 9.78 Å². The van der Waals surface area contributed by atoms with Crippen LogP contribution in [0, 0.1) is 5.92 Å². The minimum atomic E-state index is -0.928. The Bertz CT molecular complexity index is 1960. The summed E-state index contributed by atoms with van der Waals surface area (Å²) in [6.07, 6.45) is 4.34. The lowest BCUT2D eigenvalue weighted by atomic mass is 9.58. The van der Waals surface area contributed by atoms with Crippen molar-refractivity contribution < 1.29 is 14.7 Å². The summed E-state index contributed by atoms with van der Waals surface area (Å²) in [4.78, 5) is 39.0. The van der Waals surface area contributed by atoms with Crippen LogP contribution in [0.4, 0.5) is 5.82 Å². The number of anilines is 1. The number of carbonyl (C=O) groups is 2. The minimum Gasteiger partial charge on any atom is -0.389 e. The molecular formula is C35H28N6O3. The van der Waals surface area contributed by atoms with Crippen molar-refractivity contribution in [2.24, 2.45) is 5.92 Å². The summed E-state index contributed by atoms with van der Waals surface area (Å²) >= 11 is 0. The van der Waals surface area contributed by atoms with E-state index in [1.54, 1.807) is 35.1 Å². The predicted octanol–water partition coefficient (Wildman–Crippen LogP) is 5.35. The predicted molar refractivity (Wildman–Crippen MR) is 163 cm³/mol. The SMILES string of the molecule is O=C1c2ccccc2C(=O)N1C1(c2ccc(-c3nc4c(nc3-c3ccccc3)CNc3ccnn3-4)cc2)CC(O)(C2CC2)C1. The molecule has 0 unspecified atom stereocenters. The molecule has 216 valence electrons. The molecule has 0 atom stereocenters. The summed E-state index contributed by atoms with van der Waals surface area (Å²) in [7, 11) is 0. The number of aromatic nitrogens is 4. The molecule has 9 rings (SSSR count). The van der Waals surface area contributed by atoms with Crippen LogP contribution < -0.4 is 5.32 Å². The van der Waals surface area contributed by atoms with Gasteiger partial charge in [0, 0.05) is 30.0 Å². The van der Waals surface area contributed by atoms with Crippen LogP contribution in [0.25, 0.3) is 28.3 Å². The van der Waals surface area contributed by atoms with E-state index in [1.807, 2.05) is 60.7 Å². The molecule has 2 amide bonds. The standard InChI is InChI=1S/C35H28N6O3/c42-32-25-8-4-5-9-26(25)33(43)40(32)34(19-35(44,20-34)24-14-15-24)23-12-10-22(11-13-23)30-29(21-6-2-1-3-7-21)38-27-18-36-28-16-17-37-41(28)31(27)39-30/h1-13,16-17,24,36,44H,14-15,18-20H2. The highest BCUT2D eigenvalue weighted by Gasteiger charge is 2.66. The molecular weight excluding hydrogens is 552 g/mol. The molecule has 2 saturated carbocycles. The van der Waals surface area contributed by atoms with Crippen molar-refractivity contribution in [3.05, 3.63) is 114 Å². The lowest BCUT2D eigenvalue weighted by Crippen LogP contribution is -2.65. The van der Waals surface area contributed by atoms with Crippen molar-refractivity contribution in [1.82, 2.24) is 24.6 Å². The van der Waals surface area contributed by atoms with Gasteiger partial charge in [0.25, 0.3) is 11.8 Å². The average Bonchev–Trinajstić information content (AvgIpc) is 3.74. The van der Waals surface area contributed by atoms with Crippen molar-refractivity contribution in [3.63, 3.8) is 0 Å². The molecule has 3 aromatic carbocycles. The third kappa shape index (κ3) is 3.53. The van der Waals surface area contributed by atoms with Gasteiger partial charge in [-0.05, 0) is 36.5 Å². The zero-order valence-electron chi connectivity index (χ0n) is 23.8. The quantitative estimate of drug-likeness (QED) is 0.270. The Morgan fingerprint density at radius 1 is 0.773 bits per heavy atom. The Hall–Kier alpha value is -5.15. The number of nitrogens with zero attached hydrogens (tertiary/aromatic N) is 5. The molecule has 2 N–H and O–H groups in total. The number of nitrogens with one attached hydrogen (secondary N) is 1. The molecule has 0 bridgehead atoms. The Kier molecular flexibility index (Phi) is 5.15. The summed E-state index contributed by atoms with van der Waals surface area (Å²) in [5.74, 6) is 1.15. The van der Waals surface area contributed by atoms with Gasteiger partial charge in [0.15, 0.2) is 5.82 Å². The number of rotatable bonds is 5. The van der Waals surface area contributed by atoms with E-state index < -0.39 is 11.1 Å². The summed E-state index contributed by atoms with van der Waals surface area (Å²) in [6.45, 7) is 0.541. The fourth-order valence-corrected chi connectivity index (χ4v) is 7.41. The van der Waals surface area contributed by atoms with Crippen molar-refractivity contribution in [2.45, 2.75) is 43.4 Å². The molecule has 0 radical (unpaired) electrons. The van der Waals surface area contributed by atoms with E-state index in [9.17, 15) is 14.7 Å². The first-order valence-electron chi connectivity index (χ1n) is 15.0. The van der Waals surface area contributed by atoms with E-state index in [1.165, 1.54) is 4.90 Å². The fraction of sp³-hybridized carbons (Fsp3) is 0.229.